The first-order chi connectivity index (χ1) is 16.3. The second-order valence-corrected chi connectivity index (χ2v) is 8.89. The number of amides is 1. The van der Waals surface area contributed by atoms with Crippen molar-refractivity contribution in [3.05, 3.63) is 60.3 Å². The van der Waals surface area contributed by atoms with Gasteiger partial charge in [0.15, 0.2) is 5.82 Å². The first-order valence-corrected chi connectivity index (χ1v) is 11.2. The molecule has 1 aliphatic rings. The van der Waals surface area contributed by atoms with E-state index in [-0.39, 0.29) is 29.3 Å². The third-order valence-corrected chi connectivity index (χ3v) is 6.93. The van der Waals surface area contributed by atoms with Crippen LogP contribution in [0.2, 0.25) is 0 Å². The molecule has 3 heterocycles. The molecule has 174 valence electrons. The van der Waals surface area contributed by atoms with Crippen molar-refractivity contribution in [1.82, 2.24) is 19.5 Å². The normalized spacial score (nSPS) is 19.4. The lowest BCUT2D eigenvalue weighted by Gasteiger charge is -2.13. The summed E-state index contributed by atoms with van der Waals surface area (Å²) in [4.78, 5) is 25.7. The van der Waals surface area contributed by atoms with Gasteiger partial charge in [0, 0.05) is 53.8 Å². The summed E-state index contributed by atoms with van der Waals surface area (Å²) in [5.74, 6) is -0.00450. The molecule has 1 aromatic carbocycles. The quantitative estimate of drug-likeness (QED) is 0.387. The Bertz CT molecular complexity index is 1430. The molecular weight excluding hydrogens is 433 g/mol. The minimum atomic E-state index is -0.552. The fourth-order valence-electron chi connectivity index (χ4n) is 4.92. The Hall–Kier alpha value is -4.01. The predicted molar refractivity (Wildman–Crippen MR) is 130 cm³/mol. The molecule has 4 aromatic rings. The van der Waals surface area contributed by atoms with Gasteiger partial charge in [0.1, 0.15) is 5.82 Å². The van der Waals surface area contributed by atoms with Crippen LogP contribution in [-0.4, -0.2) is 25.4 Å². The van der Waals surface area contributed by atoms with Gasteiger partial charge >= 0.3 is 0 Å². The first-order valence-electron chi connectivity index (χ1n) is 11.2. The van der Waals surface area contributed by atoms with E-state index >= 15 is 4.39 Å². The van der Waals surface area contributed by atoms with Gasteiger partial charge < -0.3 is 21.4 Å². The van der Waals surface area contributed by atoms with Crippen LogP contribution in [0.1, 0.15) is 30.5 Å². The zero-order valence-corrected chi connectivity index (χ0v) is 19.2. The Morgan fingerprint density at radius 2 is 1.94 bits per heavy atom. The molecule has 0 bridgehead atoms. The number of aromatic nitrogens is 4. The summed E-state index contributed by atoms with van der Waals surface area (Å²) in [7, 11) is 1.94. The Morgan fingerprint density at radius 1 is 1.15 bits per heavy atom. The van der Waals surface area contributed by atoms with E-state index in [9.17, 15) is 4.79 Å². The number of carbonyl (C=O) groups is 1. The highest BCUT2D eigenvalue weighted by molar-refractivity contribution is 6.01. The van der Waals surface area contributed by atoms with Crippen LogP contribution in [0.4, 0.5) is 21.6 Å². The number of carbonyl (C=O) groups excluding carboxylic acids is 1. The molecule has 1 saturated carbocycles. The molecule has 5 rings (SSSR count). The van der Waals surface area contributed by atoms with Gasteiger partial charge in [0.05, 0.1) is 29.8 Å². The van der Waals surface area contributed by atoms with Crippen LogP contribution in [0.3, 0.4) is 0 Å². The topological polar surface area (TPSA) is 125 Å². The van der Waals surface area contributed by atoms with E-state index in [1.54, 1.807) is 24.7 Å². The van der Waals surface area contributed by atoms with Crippen molar-refractivity contribution < 1.29 is 9.18 Å². The number of nitrogens with zero attached hydrogens (tertiary/aromatic N) is 4. The number of aryl methyl sites for hydroxylation is 1. The number of nitrogens with two attached hydrogens (primary N) is 2. The molecule has 0 unspecified atom stereocenters. The Kier molecular flexibility index (Phi) is 5.19. The van der Waals surface area contributed by atoms with E-state index in [0.717, 1.165) is 17.7 Å². The van der Waals surface area contributed by atoms with E-state index in [2.05, 4.69) is 27.2 Å². The van der Waals surface area contributed by atoms with Crippen molar-refractivity contribution in [3.63, 3.8) is 0 Å². The molecule has 1 aliphatic carbocycles. The van der Waals surface area contributed by atoms with Gasteiger partial charge in [-0.15, -0.1) is 0 Å². The van der Waals surface area contributed by atoms with Gasteiger partial charge in [0.2, 0.25) is 5.91 Å². The minimum absolute atomic E-state index is 0.00999. The lowest BCUT2D eigenvalue weighted by Crippen LogP contribution is -2.16. The number of fused-ring (bicyclic) bond motifs is 1. The van der Waals surface area contributed by atoms with Crippen LogP contribution in [0.25, 0.3) is 21.9 Å². The zero-order valence-electron chi connectivity index (χ0n) is 19.2. The molecule has 3 aromatic heterocycles. The third-order valence-electron chi connectivity index (χ3n) is 6.93. The van der Waals surface area contributed by atoms with Gasteiger partial charge in [-0.25, -0.2) is 14.4 Å². The highest BCUT2D eigenvalue weighted by atomic mass is 19.1. The monoisotopic (exact) mass is 459 g/mol. The summed E-state index contributed by atoms with van der Waals surface area (Å²) in [5, 5.41) is 4.07. The van der Waals surface area contributed by atoms with E-state index < -0.39 is 5.82 Å². The van der Waals surface area contributed by atoms with Crippen LogP contribution in [0, 0.1) is 24.6 Å². The van der Waals surface area contributed by atoms with E-state index in [1.807, 2.05) is 24.7 Å². The number of benzene rings is 1. The number of rotatable bonds is 5. The van der Waals surface area contributed by atoms with Crippen LogP contribution >= 0.6 is 0 Å². The number of nitrogen functional groups attached to an aromatic ring is 2. The molecule has 0 radical (unpaired) electrons. The first kappa shape index (κ1) is 21.8. The number of imidazole rings is 1. The lowest BCUT2D eigenvalue weighted by atomic mass is 9.97. The van der Waals surface area contributed by atoms with Crippen LogP contribution in [0.15, 0.2) is 43.2 Å². The molecular formula is C25H26FN7O. The molecule has 9 heteroatoms. The fraction of sp³-hybridized carbons (Fsp3) is 0.280. The second kappa shape index (κ2) is 8.09. The van der Waals surface area contributed by atoms with Crippen molar-refractivity contribution in [1.29, 1.82) is 0 Å². The SMILES string of the molecule is CC[C@@H]1[C@H](C(=O)Nc2cc3cc(-c4cncc(N)c4C)c(F)c(N)c3cn2)[C@@H]1c1cncn1C. The maximum atomic E-state index is 15.1. The average molecular weight is 460 g/mol. The van der Waals surface area contributed by atoms with E-state index in [1.165, 1.54) is 12.4 Å². The summed E-state index contributed by atoms with van der Waals surface area (Å²) < 4.78 is 17.1. The number of nitrogens with one attached hydrogen (secondary N) is 1. The fourth-order valence-corrected chi connectivity index (χ4v) is 4.92. The molecule has 5 N–H and O–H groups in total. The van der Waals surface area contributed by atoms with Crippen molar-refractivity contribution in [2.75, 3.05) is 16.8 Å². The molecule has 0 aliphatic heterocycles. The van der Waals surface area contributed by atoms with Crippen molar-refractivity contribution in [2.24, 2.45) is 18.9 Å². The highest BCUT2D eigenvalue weighted by Gasteiger charge is 2.55. The van der Waals surface area contributed by atoms with Gasteiger partial charge in [-0.05, 0) is 35.9 Å². The van der Waals surface area contributed by atoms with Gasteiger partial charge in [0.25, 0.3) is 0 Å². The van der Waals surface area contributed by atoms with Crippen LogP contribution in [0.5, 0.6) is 0 Å². The number of halogens is 1. The molecule has 0 saturated heterocycles. The highest BCUT2D eigenvalue weighted by Crippen LogP contribution is 2.56. The maximum absolute atomic E-state index is 15.1. The smallest absolute Gasteiger partial charge is 0.229 e. The lowest BCUT2D eigenvalue weighted by molar-refractivity contribution is -0.117. The summed E-state index contributed by atoms with van der Waals surface area (Å²) >= 11 is 0. The van der Waals surface area contributed by atoms with Crippen molar-refractivity contribution >= 4 is 33.9 Å². The molecule has 3 atom stereocenters. The molecule has 1 fully saturated rings. The number of anilines is 3. The van der Waals surface area contributed by atoms with Gasteiger partial charge in [-0.3, -0.25) is 9.78 Å². The number of hydrogen-bond donors (Lipinski definition) is 3. The molecule has 34 heavy (non-hydrogen) atoms. The van der Waals surface area contributed by atoms with Crippen molar-refractivity contribution in [3.8, 4) is 11.1 Å². The Morgan fingerprint density at radius 3 is 2.65 bits per heavy atom. The summed E-state index contributed by atoms with van der Waals surface area (Å²) in [6.07, 6.45) is 9.04. The largest absolute Gasteiger partial charge is 0.397 e. The van der Waals surface area contributed by atoms with E-state index in [0.29, 0.717) is 33.4 Å². The minimum Gasteiger partial charge on any atom is -0.397 e. The van der Waals surface area contributed by atoms with E-state index in [4.69, 9.17) is 11.5 Å². The average Bonchev–Trinajstić information content (AvgIpc) is 3.40. The second-order valence-electron chi connectivity index (χ2n) is 8.89. The Balaban J connectivity index is 1.47. The zero-order chi connectivity index (χ0) is 24.1. The summed E-state index contributed by atoms with van der Waals surface area (Å²) in [6, 6.07) is 3.40. The van der Waals surface area contributed by atoms with Crippen molar-refractivity contribution in [2.45, 2.75) is 26.2 Å². The molecule has 8 nitrogen and oxygen atoms in total. The Labute approximate surface area is 196 Å². The number of hydrogen-bond acceptors (Lipinski definition) is 6. The van der Waals surface area contributed by atoms with Crippen LogP contribution in [-0.2, 0) is 11.8 Å². The number of pyridine rings is 2. The predicted octanol–water partition coefficient (Wildman–Crippen LogP) is 4.02. The molecule has 1 amide bonds. The standard InChI is InChI=1S/C25H26FN7O/c1-4-14-21(19-10-30-11-33(19)3)22(14)25(34)32-20-6-13-5-15(16-7-29-9-18(27)12(16)2)23(26)24(28)17(13)8-31-20/h5-11,14,21-22H,4,27-28H2,1-3H3,(H,31,32,34)/t14-,21-,22-/m0/s1. The van der Waals surface area contributed by atoms with Crippen LogP contribution < -0.4 is 16.8 Å². The molecule has 0 spiro atoms. The summed E-state index contributed by atoms with van der Waals surface area (Å²) in [5.41, 5.74) is 15.2. The third kappa shape index (κ3) is 3.44. The van der Waals surface area contributed by atoms with Gasteiger partial charge in [-0.2, -0.15) is 0 Å². The van der Waals surface area contributed by atoms with Gasteiger partial charge in [-0.1, -0.05) is 13.3 Å². The summed E-state index contributed by atoms with van der Waals surface area (Å²) in [6.45, 7) is 3.89. The maximum Gasteiger partial charge on any atom is 0.229 e.